The van der Waals surface area contributed by atoms with Gasteiger partial charge in [-0.05, 0) is 58.6 Å². The van der Waals surface area contributed by atoms with Crippen molar-refractivity contribution in [3.8, 4) is 5.75 Å². The number of carbonyl (C=O) groups excluding carboxylic acids is 2. The molecule has 0 bridgehead atoms. The summed E-state index contributed by atoms with van der Waals surface area (Å²) in [5, 5.41) is 11.0. The summed E-state index contributed by atoms with van der Waals surface area (Å²) >= 11 is 0. The number of amides is 2. The van der Waals surface area contributed by atoms with Crippen molar-refractivity contribution in [2.45, 2.75) is 87.7 Å². The summed E-state index contributed by atoms with van der Waals surface area (Å²) in [6.45, 7) is 5.08. The lowest BCUT2D eigenvalue weighted by atomic mass is 10.1. The highest BCUT2D eigenvalue weighted by Gasteiger charge is 2.31. The van der Waals surface area contributed by atoms with Crippen molar-refractivity contribution in [1.82, 2.24) is 9.47 Å². The normalized spacial score (nSPS) is 21.5. The van der Waals surface area contributed by atoms with E-state index in [1.54, 1.807) is 4.57 Å². The van der Waals surface area contributed by atoms with Crippen LogP contribution in [0.25, 0.3) is 10.9 Å². The molecule has 0 aliphatic carbocycles. The van der Waals surface area contributed by atoms with Crippen LogP contribution in [0, 0.1) is 5.82 Å². The van der Waals surface area contributed by atoms with E-state index < -0.39 is 17.2 Å². The Morgan fingerprint density at radius 1 is 0.940 bits per heavy atom. The van der Waals surface area contributed by atoms with Crippen LogP contribution in [0.4, 0.5) is 10.1 Å². The maximum Gasteiger partial charge on any atom is 0.341 e. The van der Waals surface area contributed by atoms with Crippen molar-refractivity contribution >= 4 is 77.5 Å². The molecule has 0 spiro atoms. The first-order chi connectivity index (χ1) is 24.0. The van der Waals surface area contributed by atoms with Crippen molar-refractivity contribution in [3.63, 3.8) is 0 Å². The van der Waals surface area contributed by atoms with Crippen LogP contribution in [0.3, 0.4) is 0 Å². The van der Waals surface area contributed by atoms with Gasteiger partial charge in [-0.1, -0.05) is 56.0 Å². The first kappa shape index (κ1) is 40.5. The molecule has 4 aliphatic rings. The third kappa shape index (κ3) is 11.6. The Morgan fingerprint density at radius 3 is 1.98 bits per heavy atom. The zero-order valence-corrected chi connectivity index (χ0v) is 32.2. The van der Waals surface area contributed by atoms with Crippen molar-refractivity contribution in [3.05, 3.63) is 33.9 Å². The fraction of sp³-hybridized carbons (Fsp3) is 0.647. The van der Waals surface area contributed by atoms with Gasteiger partial charge >= 0.3 is 5.97 Å². The number of rotatable bonds is 12. The fourth-order valence-electron chi connectivity index (χ4n) is 6.16. The summed E-state index contributed by atoms with van der Waals surface area (Å²) in [6, 6.07) is 0.994. The molecule has 2 amide bonds. The van der Waals surface area contributed by atoms with Gasteiger partial charge in [-0.3, -0.25) is 14.4 Å². The molecule has 5 heterocycles. The monoisotopic (exact) mass is 771 g/mol. The number of benzene rings is 1. The second-order valence-electron chi connectivity index (χ2n) is 13.0. The molecule has 16 heteroatoms. The third-order valence-electron chi connectivity index (χ3n) is 9.04. The van der Waals surface area contributed by atoms with Crippen molar-refractivity contribution < 1.29 is 28.6 Å². The molecule has 1 aromatic heterocycles. The summed E-state index contributed by atoms with van der Waals surface area (Å²) in [7, 11) is 9.96. The molecule has 2 aromatic rings. The first-order valence-corrected chi connectivity index (χ1v) is 22.1. The van der Waals surface area contributed by atoms with E-state index in [4.69, 9.17) is 16.2 Å². The molecule has 0 radical (unpaired) electrons. The minimum absolute atomic E-state index is 0.0434. The number of pyridine rings is 1. The van der Waals surface area contributed by atoms with E-state index in [1.165, 1.54) is 43.4 Å². The molecule has 5 N–H and O–H groups in total. The molecule has 3 atom stereocenters. The minimum atomic E-state index is -1.32. The van der Waals surface area contributed by atoms with Gasteiger partial charge < -0.3 is 35.7 Å². The summed E-state index contributed by atoms with van der Waals surface area (Å²) in [5.74, 6) is 0.724. The highest BCUT2D eigenvalue weighted by Crippen LogP contribution is 2.43. The van der Waals surface area contributed by atoms with E-state index in [1.807, 2.05) is 62.0 Å². The number of likely N-dealkylation sites (N-methyl/N-ethyl adjacent to an activating group) is 1. The number of hydrogen-bond donors (Lipinski definition) is 3. The zero-order chi connectivity index (χ0) is 36.2. The van der Waals surface area contributed by atoms with Gasteiger partial charge in [0.2, 0.25) is 17.2 Å². The van der Waals surface area contributed by atoms with E-state index >= 15 is 0 Å². The van der Waals surface area contributed by atoms with Gasteiger partial charge in [0.05, 0.1) is 16.9 Å². The van der Waals surface area contributed by atoms with E-state index in [9.17, 15) is 28.7 Å². The van der Waals surface area contributed by atoms with Crippen LogP contribution in [0.5, 0.6) is 5.75 Å². The number of halogens is 1. The first-order valence-electron chi connectivity index (χ1n) is 17.3. The summed E-state index contributed by atoms with van der Waals surface area (Å²) in [5.41, 5.74) is 9.85. The van der Waals surface area contributed by atoms with Crippen molar-refractivity contribution in [2.75, 3.05) is 56.2 Å². The van der Waals surface area contributed by atoms with E-state index in [-0.39, 0.29) is 35.4 Å². The van der Waals surface area contributed by atoms with Crippen molar-refractivity contribution in [2.24, 2.45) is 11.5 Å². The molecule has 0 unspecified atom stereocenters. The summed E-state index contributed by atoms with van der Waals surface area (Å²) in [6.07, 6.45) is 11.9. The highest BCUT2D eigenvalue weighted by atomic mass is 33.1. The lowest BCUT2D eigenvalue weighted by Gasteiger charge is -2.37. The van der Waals surface area contributed by atoms with Gasteiger partial charge in [0.1, 0.15) is 17.9 Å². The van der Waals surface area contributed by atoms with Crippen LogP contribution in [-0.2, 0) is 9.59 Å². The Kier molecular flexibility index (Phi) is 16.3. The van der Waals surface area contributed by atoms with E-state index in [2.05, 4.69) is 4.90 Å². The molecule has 3 saturated heterocycles. The largest absolute Gasteiger partial charge is 0.487 e. The maximum absolute atomic E-state index is 15.0. The Balaban J connectivity index is 0.000000195. The molecule has 0 saturated carbocycles. The maximum atomic E-state index is 15.0. The summed E-state index contributed by atoms with van der Waals surface area (Å²) < 4.78 is 22.6. The van der Waals surface area contributed by atoms with Gasteiger partial charge in [0.25, 0.3) is 0 Å². The number of nitrogens with two attached hydrogens (primary N) is 2. The molecule has 4 aliphatic heterocycles. The Morgan fingerprint density at radius 2 is 1.50 bits per heavy atom. The third-order valence-corrected chi connectivity index (χ3v) is 15.1. The molecule has 278 valence electrons. The Hall–Kier alpha value is -2.27. The number of carboxylic acids is 1. The SMILES string of the molecule is C[C@H]1COc2c(N3CCN(C)CC3)c(F)cc3c(=O)c(C(=O)O)cn1c23.NC(=O)CCCC[C@@H]1CCSS1.NC(=O)CCCC[C@@H]1CCSS1. The second-order valence-corrected chi connectivity index (χ2v) is 18.6. The van der Waals surface area contributed by atoms with Crippen molar-refractivity contribution in [1.29, 1.82) is 0 Å². The number of nitrogens with zero attached hydrogens (tertiary/aromatic N) is 3. The van der Waals surface area contributed by atoms with Gasteiger partial charge in [0.15, 0.2) is 11.6 Å². The Bertz CT molecular complexity index is 1490. The topological polar surface area (TPSA) is 161 Å². The number of carboxylic acid groups (broad SMARTS) is 1. The molecular formula is C34H50FN5O6S4. The van der Waals surface area contributed by atoms with Crippen LogP contribution in [0.15, 0.2) is 17.1 Å². The van der Waals surface area contributed by atoms with Gasteiger partial charge in [-0.25, -0.2) is 9.18 Å². The quantitative estimate of drug-likeness (QED) is 0.173. The number of aromatic carboxylic acids is 1. The molecule has 1 aromatic carbocycles. The van der Waals surface area contributed by atoms with E-state index in [0.717, 1.165) is 55.3 Å². The number of anilines is 1. The highest BCUT2D eigenvalue weighted by molar-refractivity contribution is 8.77. The van der Waals surface area contributed by atoms with Gasteiger partial charge in [0, 0.05) is 67.2 Å². The van der Waals surface area contributed by atoms with Crippen LogP contribution in [0.2, 0.25) is 0 Å². The van der Waals surface area contributed by atoms with Gasteiger partial charge in [-0.2, -0.15) is 0 Å². The standard InChI is InChI=1S/C18H20FN3O4.2C8H15NOS2/c1-10-9-26-17-14-11(16(23)12(18(24)25)8-22(10)14)7-13(19)15(17)21-5-3-20(2)4-6-21;2*9-8(10)4-2-1-3-7-5-6-11-12-7/h7-8,10H,3-6,9H2,1-2H3,(H,24,25);2*7H,1-6H2,(H2,9,10)/t10-;2*7-/m011/s1. The number of unbranched alkanes of at least 4 members (excludes halogenated alkanes) is 2. The minimum Gasteiger partial charge on any atom is -0.487 e. The zero-order valence-electron chi connectivity index (χ0n) is 28.9. The molecule has 50 heavy (non-hydrogen) atoms. The number of aromatic nitrogens is 1. The predicted molar refractivity (Wildman–Crippen MR) is 207 cm³/mol. The van der Waals surface area contributed by atoms with Crippen LogP contribution >= 0.6 is 43.2 Å². The van der Waals surface area contributed by atoms with Crippen LogP contribution < -0.4 is 26.5 Å². The van der Waals surface area contributed by atoms with Gasteiger partial charge in [-0.15, -0.1) is 0 Å². The number of hydrogen-bond acceptors (Lipinski definition) is 11. The summed E-state index contributed by atoms with van der Waals surface area (Å²) in [4.78, 5) is 48.9. The average molecular weight is 772 g/mol. The number of primary amides is 2. The second kappa shape index (κ2) is 20.1. The van der Waals surface area contributed by atoms with E-state index in [0.29, 0.717) is 42.9 Å². The van der Waals surface area contributed by atoms with Crippen LogP contribution in [-0.4, -0.2) is 94.2 Å². The lowest BCUT2D eigenvalue weighted by molar-refractivity contribution is -0.119. The molecule has 6 rings (SSSR count). The fourth-order valence-corrected chi connectivity index (χ4v) is 12.2. The predicted octanol–water partition coefficient (Wildman–Crippen LogP) is 5.92. The molecule has 3 fully saturated rings. The molecular weight excluding hydrogens is 722 g/mol. The lowest BCUT2D eigenvalue weighted by Crippen LogP contribution is -2.45. The molecule has 11 nitrogen and oxygen atoms in total. The number of ether oxygens (including phenoxy) is 1. The Labute approximate surface area is 309 Å². The number of piperazine rings is 1. The average Bonchev–Trinajstić information content (AvgIpc) is 3.80. The number of carbonyl (C=O) groups is 3. The van der Waals surface area contributed by atoms with Crippen LogP contribution in [0.1, 0.15) is 87.5 Å². The smallest absolute Gasteiger partial charge is 0.341 e.